The maximum Gasteiger partial charge on any atom is 0.154 e. The Labute approximate surface area is 114 Å². The van der Waals surface area contributed by atoms with Crippen LogP contribution < -0.4 is 9.80 Å². The van der Waals surface area contributed by atoms with Crippen molar-refractivity contribution in [2.45, 2.75) is 37.6 Å². The fraction of sp³-hybridized carbons (Fsp3) is 0.467. The highest BCUT2D eigenvalue weighted by molar-refractivity contribution is 5.75. The van der Waals surface area contributed by atoms with Crippen LogP contribution in [0.2, 0.25) is 0 Å². The quantitative estimate of drug-likeness (QED) is 0.636. The van der Waals surface area contributed by atoms with Gasteiger partial charge in [-0.3, -0.25) is 0 Å². The zero-order valence-corrected chi connectivity index (χ0v) is 11.2. The van der Waals surface area contributed by atoms with Gasteiger partial charge in [0.1, 0.15) is 24.3 Å². The van der Waals surface area contributed by atoms with E-state index in [2.05, 4.69) is 24.1 Å². The number of aromatic nitrogens is 2. The van der Waals surface area contributed by atoms with Crippen molar-refractivity contribution in [1.82, 2.24) is 9.97 Å². The molecule has 4 nitrogen and oxygen atoms in total. The highest BCUT2D eigenvalue weighted by Gasteiger charge is 2.48. The number of nitrogens with zero attached hydrogens (tertiary/aromatic N) is 2. The topological polar surface area (TPSA) is 34.7 Å². The molecule has 1 spiro atoms. The van der Waals surface area contributed by atoms with Gasteiger partial charge in [0.25, 0.3) is 0 Å². The summed E-state index contributed by atoms with van der Waals surface area (Å²) in [4.78, 5) is 11.2. The van der Waals surface area contributed by atoms with Crippen molar-refractivity contribution in [1.29, 1.82) is 0 Å². The number of quaternary nitrogens is 2. The summed E-state index contributed by atoms with van der Waals surface area (Å²) in [5.74, 6) is 0. The SMILES string of the molecule is [CH2-][NH+]1C2=C(CC3(CCCC3)[NH+]([CH2-])C2)c2ncncc21. The van der Waals surface area contributed by atoms with Crippen molar-refractivity contribution in [2.75, 3.05) is 6.54 Å². The Morgan fingerprint density at radius 3 is 2.79 bits per heavy atom. The zero-order chi connectivity index (χ0) is 13.0. The van der Waals surface area contributed by atoms with Gasteiger partial charge in [-0.1, -0.05) is 0 Å². The monoisotopic (exact) mass is 256 g/mol. The average Bonchev–Trinajstić information content (AvgIpc) is 2.99. The minimum Gasteiger partial charge on any atom is -0.455 e. The highest BCUT2D eigenvalue weighted by atomic mass is 15.3. The fourth-order valence-corrected chi connectivity index (χ4v) is 4.13. The molecule has 100 valence electrons. The zero-order valence-electron chi connectivity index (χ0n) is 11.2. The highest BCUT2D eigenvalue weighted by Crippen LogP contribution is 2.40. The summed E-state index contributed by atoms with van der Waals surface area (Å²) in [6, 6.07) is 0. The van der Waals surface area contributed by atoms with Crippen LogP contribution in [-0.4, -0.2) is 22.1 Å². The molecule has 0 radical (unpaired) electrons. The third-order valence-electron chi connectivity index (χ3n) is 5.27. The summed E-state index contributed by atoms with van der Waals surface area (Å²) in [5, 5.41) is 0. The molecule has 1 aromatic rings. The largest absolute Gasteiger partial charge is 0.455 e. The average molecular weight is 256 g/mol. The molecular weight excluding hydrogens is 236 g/mol. The molecule has 2 atom stereocenters. The predicted octanol–water partition coefficient (Wildman–Crippen LogP) is -0.0977. The Bertz CT molecular complexity index is 557. The van der Waals surface area contributed by atoms with Crippen LogP contribution >= 0.6 is 0 Å². The van der Waals surface area contributed by atoms with E-state index in [4.69, 9.17) is 0 Å². The first-order valence-corrected chi connectivity index (χ1v) is 7.12. The van der Waals surface area contributed by atoms with Gasteiger partial charge >= 0.3 is 0 Å². The van der Waals surface area contributed by atoms with Crippen LogP contribution in [0.25, 0.3) is 5.57 Å². The van der Waals surface area contributed by atoms with Crippen LogP contribution in [0.3, 0.4) is 0 Å². The first-order valence-electron chi connectivity index (χ1n) is 7.12. The fourth-order valence-electron chi connectivity index (χ4n) is 4.13. The smallest absolute Gasteiger partial charge is 0.154 e. The molecule has 4 heteroatoms. The van der Waals surface area contributed by atoms with Crippen LogP contribution in [0, 0.1) is 14.1 Å². The van der Waals surface area contributed by atoms with Gasteiger partial charge in [0, 0.05) is 19.3 Å². The van der Waals surface area contributed by atoms with E-state index in [0.717, 1.165) is 29.2 Å². The molecular formula is C15H20N4. The Balaban J connectivity index is 1.80. The van der Waals surface area contributed by atoms with Gasteiger partial charge in [-0.15, -0.1) is 14.1 Å². The van der Waals surface area contributed by atoms with E-state index in [-0.39, 0.29) is 0 Å². The summed E-state index contributed by atoms with van der Waals surface area (Å²) >= 11 is 0. The van der Waals surface area contributed by atoms with Gasteiger partial charge in [-0.2, -0.15) is 0 Å². The third kappa shape index (κ3) is 1.47. The van der Waals surface area contributed by atoms with E-state index in [9.17, 15) is 0 Å². The van der Waals surface area contributed by atoms with Crippen LogP contribution in [0.5, 0.6) is 0 Å². The predicted molar refractivity (Wildman–Crippen MR) is 71.9 cm³/mol. The van der Waals surface area contributed by atoms with E-state index >= 15 is 0 Å². The molecule has 3 aliphatic rings. The molecule has 2 aliphatic heterocycles. The lowest BCUT2D eigenvalue weighted by molar-refractivity contribution is -0.922. The van der Waals surface area contributed by atoms with Gasteiger partial charge in [0.05, 0.1) is 17.3 Å². The Hall–Kier alpha value is -1.26. The van der Waals surface area contributed by atoms with E-state index in [1.165, 1.54) is 41.9 Å². The Morgan fingerprint density at radius 1 is 1.21 bits per heavy atom. The van der Waals surface area contributed by atoms with E-state index in [1.807, 2.05) is 6.20 Å². The van der Waals surface area contributed by atoms with Crippen LogP contribution in [0.4, 0.5) is 5.69 Å². The summed E-state index contributed by atoms with van der Waals surface area (Å²) in [6.45, 7) is 0.991. The summed E-state index contributed by atoms with van der Waals surface area (Å²) < 4.78 is 0. The van der Waals surface area contributed by atoms with Gasteiger partial charge < -0.3 is 9.80 Å². The second kappa shape index (κ2) is 3.87. The summed E-state index contributed by atoms with van der Waals surface area (Å²) in [6.07, 6.45) is 9.98. The molecule has 0 amide bonds. The molecule has 2 N–H and O–H groups in total. The molecule has 0 saturated heterocycles. The number of hydrogen-bond acceptors (Lipinski definition) is 2. The van der Waals surface area contributed by atoms with Gasteiger partial charge in [-0.05, 0) is 12.8 Å². The Morgan fingerprint density at radius 2 is 2.00 bits per heavy atom. The molecule has 0 aromatic carbocycles. The van der Waals surface area contributed by atoms with E-state index in [0.29, 0.717) is 5.54 Å². The third-order valence-corrected chi connectivity index (χ3v) is 5.27. The Kier molecular flexibility index (Phi) is 2.35. The van der Waals surface area contributed by atoms with Crippen molar-refractivity contribution in [3.8, 4) is 0 Å². The maximum atomic E-state index is 4.51. The lowest BCUT2D eigenvalue weighted by Crippen LogP contribution is -3.19. The molecule has 1 aromatic heterocycles. The normalized spacial score (nSPS) is 31.7. The molecule has 19 heavy (non-hydrogen) atoms. The van der Waals surface area contributed by atoms with Gasteiger partial charge in [0.2, 0.25) is 0 Å². The van der Waals surface area contributed by atoms with Crippen LogP contribution in [0.15, 0.2) is 18.2 Å². The summed E-state index contributed by atoms with van der Waals surface area (Å²) in [7, 11) is 8.65. The van der Waals surface area contributed by atoms with Gasteiger partial charge in [0.15, 0.2) is 5.69 Å². The number of rotatable bonds is 0. The van der Waals surface area contributed by atoms with Crippen molar-refractivity contribution < 1.29 is 9.80 Å². The molecule has 0 bridgehead atoms. The minimum atomic E-state index is 0.353. The van der Waals surface area contributed by atoms with E-state index < -0.39 is 0 Å². The van der Waals surface area contributed by atoms with Crippen LogP contribution in [0.1, 0.15) is 37.8 Å². The molecule has 3 heterocycles. The lowest BCUT2D eigenvalue weighted by Gasteiger charge is -2.44. The number of nitrogens with one attached hydrogen (secondary N) is 2. The van der Waals surface area contributed by atoms with Crippen molar-refractivity contribution in [3.63, 3.8) is 0 Å². The number of fused-ring (bicyclic) bond motifs is 2. The standard InChI is InChI=1S/C15H20N4/c1-18-9-13-11(7-15(18)5-3-4-6-15)14-12(19(13)2)8-16-10-17-14/h8,10,18-19H,1-7,9H2. The molecule has 1 fully saturated rings. The second-order valence-corrected chi connectivity index (χ2v) is 6.17. The lowest BCUT2D eigenvalue weighted by atomic mass is 9.83. The van der Waals surface area contributed by atoms with E-state index in [1.54, 1.807) is 6.33 Å². The van der Waals surface area contributed by atoms with Crippen molar-refractivity contribution in [2.24, 2.45) is 0 Å². The second-order valence-electron chi connectivity index (χ2n) is 6.17. The molecule has 1 aliphatic carbocycles. The molecule has 1 saturated carbocycles. The maximum absolute atomic E-state index is 4.51. The molecule has 4 rings (SSSR count). The van der Waals surface area contributed by atoms with Crippen molar-refractivity contribution >= 4 is 11.3 Å². The van der Waals surface area contributed by atoms with Crippen LogP contribution in [-0.2, 0) is 0 Å². The first-order chi connectivity index (χ1) is 9.21. The number of hydrogen-bond donors (Lipinski definition) is 2. The molecule has 2 unspecified atom stereocenters. The first kappa shape index (κ1) is 11.6. The summed E-state index contributed by atoms with van der Waals surface area (Å²) in [5.41, 5.74) is 5.42. The van der Waals surface area contributed by atoms with Gasteiger partial charge in [-0.25, -0.2) is 9.97 Å². The minimum absolute atomic E-state index is 0.353. The van der Waals surface area contributed by atoms with Crippen molar-refractivity contribution in [3.05, 3.63) is 38.0 Å².